The minimum atomic E-state index is 0.919. The molecule has 0 saturated carbocycles. The Morgan fingerprint density at radius 3 is 3.09 bits per heavy atom. The standard InChI is InChI=1S/C7H7N3S/c1-2-4-8-7(3-1)10-9-5-6-11-10/h1-6,9H. The van der Waals surface area contributed by atoms with Crippen molar-refractivity contribution in [1.82, 2.24) is 10.4 Å². The van der Waals surface area contributed by atoms with Gasteiger partial charge in [-0.05, 0) is 12.1 Å². The lowest BCUT2D eigenvalue weighted by atomic mass is 10.5. The maximum Gasteiger partial charge on any atom is 0.158 e. The Kier molecular flexibility index (Phi) is 1.69. The molecule has 2 heterocycles. The van der Waals surface area contributed by atoms with Crippen molar-refractivity contribution in [2.75, 3.05) is 4.41 Å². The number of nitrogens with zero attached hydrogens (tertiary/aromatic N) is 2. The van der Waals surface area contributed by atoms with Gasteiger partial charge < -0.3 is 0 Å². The maximum atomic E-state index is 4.16. The Balaban J connectivity index is 2.17. The van der Waals surface area contributed by atoms with E-state index in [0.29, 0.717) is 0 Å². The molecule has 2 rings (SSSR count). The van der Waals surface area contributed by atoms with Crippen LogP contribution in [0.25, 0.3) is 0 Å². The second-order valence-corrected chi connectivity index (χ2v) is 2.87. The van der Waals surface area contributed by atoms with Crippen molar-refractivity contribution in [2.24, 2.45) is 0 Å². The highest BCUT2D eigenvalue weighted by molar-refractivity contribution is 8.03. The highest BCUT2D eigenvalue weighted by Crippen LogP contribution is 2.20. The van der Waals surface area contributed by atoms with E-state index < -0.39 is 0 Å². The summed E-state index contributed by atoms with van der Waals surface area (Å²) in [4.78, 5) is 4.16. The third-order valence-electron chi connectivity index (χ3n) is 1.28. The Hall–Kier alpha value is -1.16. The molecule has 0 aliphatic carbocycles. The van der Waals surface area contributed by atoms with Gasteiger partial charge in [-0.3, -0.25) is 5.43 Å². The molecular weight excluding hydrogens is 158 g/mol. The van der Waals surface area contributed by atoms with Crippen LogP contribution in [-0.4, -0.2) is 4.98 Å². The molecule has 0 saturated heterocycles. The zero-order valence-corrected chi connectivity index (χ0v) is 6.58. The third kappa shape index (κ3) is 1.30. The fourth-order valence-corrected chi connectivity index (χ4v) is 1.40. The minimum absolute atomic E-state index is 0.919. The molecule has 1 aromatic heterocycles. The van der Waals surface area contributed by atoms with Gasteiger partial charge in [-0.1, -0.05) is 6.07 Å². The minimum Gasteiger partial charge on any atom is -0.293 e. The number of rotatable bonds is 1. The van der Waals surface area contributed by atoms with Crippen molar-refractivity contribution in [3.05, 3.63) is 36.0 Å². The van der Waals surface area contributed by atoms with Crippen LogP contribution in [0.4, 0.5) is 5.82 Å². The predicted octanol–water partition coefficient (Wildman–Crippen LogP) is 1.53. The van der Waals surface area contributed by atoms with Gasteiger partial charge in [-0.25, -0.2) is 9.40 Å². The molecule has 56 valence electrons. The number of aromatic nitrogens is 1. The van der Waals surface area contributed by atoms with Crippen LogP contribution in [0.1, 0.15) is 0 Å². The maximum absolute atomic E-state index is 4.16. The lowest BCUT2D eigenvalue weighted by Crippen LogP contribution is -2.23. The first kappa shape index (κ1) is 6.54. The van der Waals surface area contributed by atoms with Gasteiger partial charge in [-0.15, -0.1) is 0 Å². The van der Waals surface area contributed by atoms with E-state index in [-0.39, 0.29) is 0 Å². The van der Waals surface area contributed by atoms with Gasteiger partial charge in [-0.2, -0.15) is 0 Å². The molecule has 0 spiro atoms. The Morgan fingerprint density at radius 1 is 1.45 bits per heavy atom. The van der Waals surface area contributed by atoms with Gasteiger partial charge in [0.25, 0.3) is 0 Å². The summed E-state index contributed by atoms with van der Waals surface area (Å²) in [5, 5.41) is 1.97. The van der Waals surface area contributed by atoms with Crippen molar-refractivity contribution in [1.29, 1.82) is 0 Å². The van der Waals surface area contributed by atoms with Crippen molar-refractivity contribution < 1.29 is 0 Å². The smallest absolute Gasteiger partial charge is 0.158 e. The zero-order valence-electron chi connectivity index (χ0n) is 5.77. The van der Waals surface area contributed by atoms with Crippen LogP contribution in [0.2, 0.25) is 0 Å². The molecule has 1 aliphatic rings. The van der Waals surface area contributed by atoms with Gasteiger partial charge >= 0.3 is 0 Å². The van der Waals surface area contributed by atoms with Crippen molar-refractivity contribution in [3.8, 4) is 0 Å². The first-order valence-corrected chi connectivity index (χ1v) is 4.09. The highest BCUT2D eigenvalue weighted by atomic mass is 32.2. The van der Waals surface area contributed by atoms with Gasteiger partial charge in [0.2, 0.25) is 0 Å². The van der Waals surface area contributed by atoms with E-state index >= 15 is 0 Å². The van der Waals surface area contributed by atoms with Gasteiger partial charge in [0.15, 0.2) is 5.82 Å². The van der Waals surface area contributed by atoms with Crippen LogP contribution < -0.4 is 9.84 Å². The summed E-state index contributed by atoms with van der Waals surface area (Å²) in [7, 11) is 0. The molecule has 3 nitrogen and oxygen atoms in total. The van der Waals surface area contributed by atoms with E-state index in [2.05, 4.69) is 10.4 Å². The molecular formula is C7H7N3S. The molecule has 1 aromatic rings. The van der Waals surface area contributed by atoms with Crippen molar-refractivity contribution in [3.63, 3.8) is 0 Å². The number of nitrogens with one attached hydrogen (secondary N) is 1. The topological polar surface area (TPSA) is 28.2 Å². The van der Waals surface area contributed by atoms with Crippen LogP contribution in [0.3, 0.4) is 0 Å². The van der Waals surface area contributed by atoms with Crippen molar-refractivity contribution >= 4 is 17.8 Å². The summed E-state index contributed by atoms with van der Waals surface area (Å²) in [6.07, 6.45) is 3.65. The molecule has 0 fully saturated rings. The fourth-order valence-electron chi connectivity index (χ4n) is 0.814. The van der Waals surface area contributed by atoms with Gasteiger partial charge in [0.1, 0.15) is 0 Å². The van der Waals surface area contributed by atoms with Gasteiger partial charge in [0, 0.05) is 29.8 Å². The average Bonchev–Trinajstić information content (AvgIpc) is 2.58. The average molecular weight is 165 g/mol. The predicted molar refractivity (Wildman–Crippen MR) is 46.6 cm³/mol. The summed E-state index contributed by atoms with van der Waals surface area (Å²) < 4.78 is 1.89. The Labute approximate surface area is 69.2 Å². The Bertz CT molecular complexity index is 252. The second kappa shape index (κ2) is 2.84. The number of anilines is 1. The summed E-state index contributed by atoms with van der Waals surface area (Å²) in [6.45, 7) is 0. The van der Waals surface area contributed by atoms with E-state index in [1.807, 2.05) is 34.2 Å². The molecule has 0 radical (unpaired) electrons. The molecule has 0 aromatic carbocycles. The number of hydrogen-bond acceptors (Lipinski definition) is 4. The number of hydrazine groups is 1. The van der Waals surface area contributed by atoms with E-state index in [4.69, 9.17) is 0 Å². The molecule has 1 N–H and O–H groups in total. The summed E-state index contributed by atoms with van der Waals surface area (Å²) >= 11 is 1.57. The quantitative estimate of drug-likeness (QED) is 0.639. The third-order valence-corrected chi connectivity index (χ3v) is 2.04. The summed E-state index contributed by atoms with van der Waals surface area (Å²) in [5.74, 6) is 0.919. The fraction of sp³-hybridized carbons (Fsp3) is 0. The molecule has 11 heavy (non-hydrogen) atoms. The lowest BCUT2D eigenvalue weighted by molar-refractivity contribution is 0.955. The zero-order chi connectivity index (χ0) is 7.52. The van der Waals surface area contributed by atoms with Gasteiger partial charge in [0.05, 0.1) is 0 Å². The first-order chi connectivity index (χ1) is 5.47. The number of hydrogen-bond donors (Lipinski definition) is 1. The highest BCUT2D eigenvalue weighted by Gasteiger charge is 2.07. The second-order valence-electron chi connectivity index (χ2n) is 2.02. The van der Waals surface area contributed by atoms with E-state index in [9.17, 15) is 0 Å². The van der Waals surface area contributed by atoms with Crippen molar-refractivity contribution in [2.45, 2.75) is 0 Å². The summed E-state index contributed by atoms with van der Waals surface area (Å²) in [5.41, 5.74) is 3.03. The monoisotopic (exact) mass is 165 g/mol. The van der Waals surface area contributed by atoms with Crippen LogP contribution in [0.5, 0.6) is 0 Å². The van der Waals surface area contributed by atoms with E-state index in [1.165, 1.54) is 0 Å². The Morgan fingerprint density at radius 2 is 2.45 bits per heavy atom. The number of pyridine rings is 1. The summed E-state index contributed by atoms with van der Waals surface area (Å²) in [6, 6.07) is 5.81. The molecule has 0 unspecified atom stereocenters. The van der Waals surface area contributed by atoms with Crippen LogP contribution in [0, 0.1) is 0 Å². The lowest BCUT2D eigenvalue weighted by Gasteiger charge is -2.13. The molecule has 0 amide bonds. The SMILES string of the molecule is C1=CSN(c2ccccn2)N1. The molecule has 0 atom stereocenters. The first-order valence-electron chi connectivity index (χ1n) is 3.26. The normalized spacial score (nSPS) is 15.1. The van der Waals surface area contributed by atoms with Crippen LogP contribution >= 0.6 is 11.9 Å². The van der Waals surface area contributed by atoms with E-state index in [1.54, 1.807) is 18.1 Å². The van der Waals surface area contributed by atoms with Crippen LogP contribution in [-0.2, 0) is 0 Å². The van der Waals surface area contributed by atoms with E-state index in [0.717, 1.165) is 5.82 Å². The molecule has 0 bridgehead atoms. The largest absolute Gasteiger partial charge is 0.293 e. The molecule has 1 aliphatic heterocycles. The van der Waals surface area contributed by atoms with Crippen LogP contribution in [0.15, 0.2) is 36.0 Å². The molecule has 4 heteroatoms.